The predicted octanol–water partition coefficient (Wildman–Crippen LogP) is 3.38. The second kappa shape index (κ2) is 6.00. The monoisotopic (exact) mass is 260 g/mol. The van der Waals surface area contributed by atoms with Crippen molar-refractivity contribution in [1.82, 2.24) is 0 Å². The Hall–Kier alpha value is -1.64. The van der Waals surface area contributed by atoms with E-state index >= 15 is 0 Å². The Bertz CT molecular complexity index is 444. The average molecular weight is 260 g/mol. The van der Waals surface area contributed by atoms with Crippen molar-refractivity contribution in [1.29, 1.82) is 0 Å². The highest BCUT2D eigenvalue weighted by atomic mass is 16.5. The van der Waals surface area contributed by atoms with Gasteiger partial charge in [0.15, 0.2) is 12.4 Å². The summed E-state index contributed by atoms with van der Waals surface area (Å²) in [5.74, 6) is -0.371. The van der Waals surface area contributed by atoms with E-state index in [1.165, 1.54) is 6.42 Å². The number of esters is 1. The van der Waals surface area contributed by atoms with Crippen LogP contribution in [0.5, 0.6) is 0 Å². The number of carbonyl (C=O) groups is 2. The number of carbonyl (C=O) groups excluding carboxylic acids is 2. The first-order valence-electron chi connectivity index (χ1n) is 6.87. The van der Waals surface area contributed by atoms with Crippen molar-refractivity contribution < 1.29 is 14.3 Å². The first-order chi connectivity index (χ1) is 9.12. The van der Waals surface area contributed by atoms with Gasteiger partial charge in [-0.25, -0.2) is 4.79 Å². The van der Waals surface area contributed by atoms with E-state index in [9.17, 15) is 9.59 Å². The zero-order valence-corrected chi connectivity index (χ0v) is 11.4. The van der Waals surface area contributed by atoms with Crippen molar-refractivity contribution >= 4 is 11.8 Å². The molecule has 0 N–H and O–H groups in total. The van der Waals surface area contributed by atoms with Gasteiger partial charge in [0.25, 0.3) is 0 Å². The van der Waals surface area contributed by atoms with E-state index in [0.717, 1.165) is 25.7 Å². The second-order valence-corrected chi connectivity index (χ2v) is 5.49. The minimum absolute atomic E-state index is 0.0523. The summed E-state index contributed by atoms with van der Waals surface area (Å²) in [5.41, 5.74) is 0.193. The van der Waals surface area contributed by atoms with Gasteiger partial charge in [-0.15, -0.1) is 0 Å². The third-order valence-corrected chi connectivity index (χ3v) is 3.97. The lowest BCUT2D eigenvalue weighted by Gasteiger charge is -2.31. The molecule has 2 rings (SSSR count). The van der Waals surface area contributed by atoms with Gasteiger partial charge in [-0.2, -0.15) is 0 Å². The maximum atomic E-state index is 12.2. The van der Waals surface area contributed by atoms with Crippen LogP contribution in [0.3, 0.4) is 0 Å². The van der Waals surface area contributed by atoms with Gasteiger partial charge in [0.05, 0.1) is 5.56 Å². The summed E-state index contributed by atoms with van der Waals surface area (Å²) in [6, 6.07) is 8.77. The molecule has 1 saturated carbocycles. The van der Waals surface area contributed by atoms with Crippen LogP contribution in [0.1, 0.15) is 49.4 Å². The van der Waals surface area contributed by atoms with Gasteiger partial charge in [-0.05, 0) is 25.0 Å². The quantitative estimate of drug-likeness (QED) is 0.779. The number of rotatable bonds is 4. The highest BCUT2D eigenvalue weighted by molar-refractivity contribution is 5.92. The van der Waals surface area contributed by atoms with E-state index in [-0.39, 0.29) is 17.8 Å². The predicted molar refractivity (Wildman–Crippen MR) is 72.9 cm³/mol. The number of benzene rings is 1. The molecule has 0 heterocycles. The van der Waals surface area contributed by atoms with E-state index in [1.807, 2.05) is 13.0 Å². The second-order valence-electron chi connectivity index (χ2n) is 5.49. The lowest BCUT2D eigenvalue weighted by Crippen LogP contribution is -2.33. The van der Waals surface area contributed by atoms with Crippen molar-refractivity contribution in [3.63, 3.8) is 0 Å². The topological polar surface area (TPSA) is 43.4 Å². The van der Waals surface area contributed by atoms with Crippen LogP contribution < -0.4 is 0 Å². The molecular weight excluding hydrogens is 240 g/mol. The van der Waals surface area contributed by atoms with Gasteiger partial charge in [-0.3, -0.25) is 4.79 Å². The normalized spacial score (nSPS) is 17.7. The number of hydrogen-bond donors (Lipinski definition) is 0. The number of Topliss-reactive ketones (excluding diaryl/α,β-unsaturated/α-hetero) is 1. The molecule has 0 aliphatic heterocycles. The Morgan fingerprint density at radius 3 is 2.37 bits per heavy atom. The van der Waals surface area contributed by atoms with Crippen molar-refractivity contribution in [2.75, 3.05) is 6.61 Å². The van der Waals surface area contributed by atoms with Gasteiger partial charge in [-0.1, -0.05) is 44.4 Å². The van der Waals surface area contributed by atoms with Crippen molar-refractivity contribution in [2.45, 2.75) is 39.0 Å². The lowest BCUT2D eigenvalue weighted by molar-refractivity contribution is -0.132. The molecule has 19 heavy (non-hydrogen) atoms. The summed E-state index contributed by atoms with van der Waals surface area (Å²) in [5, 5.41) is 0. The molecule has 1 aliphatic rings. The molecule has 0 unspecified atom stereocenters. The fraction of sp³-hybridized carbons (Fsp3) is 0.500. The molecule has 0 spiro atoms. The molecule has 3 heteroatoms. The highest BCUT2D eigenvalue weighted by Gasteiger charge is 2.34. The van der Waals surface area contributed by atoms with Crippen LogP contribution in [0.4, 0.5) is 0 Å². The minimum Gasteiger partial charge on any atom is -0.454 e. The van der Waals surface area contributed by atoms with Crippen LogP contribution in [0, 0.1) is 5.41 Å². The molecule has 0 atom stereocenters. The number of ketones is 1. The van der Waals surface area contributed by atoms with Crippen LogP contribution in [0.2, 0.25) is 0 Å². The van der Waals surface area contributed by atoms with Crippen molar-refractivity contribution in [3.8, 4) is 0 Å². The third kappa shape index (κ3) is 3.43. The van der Waals surface area contributed by atoms with E-state index in [1.54, 1.807) is 24.3 Å². The lowest BCUT2D eigenvalue weighted by atomic mass is 9.73. The minimum atomic E-state index is -0.423. The molecule has 1 aromatic rings. The Morgan fingerprint density at radius 2 is 1.74 bits per heavy atom. The third-order valence-electron chi connectivity index (χ3n) is 3.97. The van der Waals surface area contributed by atoms with Crippen LogP contribution in [0.15, 0.2) is 30.3 Å². The van der Waals surface area contributed by atoms with Crippen LogP contribution in [0.25, 0.3) is 0 Å². The molecule has 0 amide bonds. The standard InChI is InChI=1S/C16H20O3/c1-16(10-6-3-7-11-16)14(17)12-19-15(18)13-8-4-2-5-9-13/h2,4-5,8-9H,3,6-7,10-12H2,1H3. The van der Waals surface area contributed by atoms with Gasteiger partial charge in [0.2, 0.25) is 0 Å². The Labute approximate surface area is 114 Å². The van der Waals surface area contributed by atoms with Crippen LogP contribution in [-0.4, -0.2) is 18.4 Å². The van der Waals surface area contributed by atoms with Crippen molar-refractivity contribution in [3.05, 3.63) is 35.9 Å². The Morgan fingerprint density at radius 1 is 1.11 bits per heavy atom. The highest BCUT2D eigenvalue weighted by Crippen LogP contribution is 2.36. The smallest absolute Gasteiger partial charge is 0.338 e. The molecule has 0 bridgehead atoms. The summed E-state index contributed by atoms with van der Waals surface area (Å²) in [6.45, 7) is 1.88. The molecule has 1 fully saturated rings. The Kier molecular flexibility index (Phi) is 4.35. The van der Waals surface area contributed by atoms with Crippen LogP contribution >= 0.6 is 0 Å². The largest absolute Gasteiger partial charge is 0.454 e. The maximum Gasteiger partial charge on any atom is 0.338 e. The number of hydrogen-bond acceptors (Lipinski definition) is 3. The molecule has 0 saturated heterocycles. The molecule has 1 aliphatic carbocycles. The molecular formula is C16H20O3. The molecule has 1 aromatic carbocycles. The van der Waals surface area contributed by atoms with Crippen molar-refractivity contribution in [2.24, 2.45) is 5.41 Å². The van der Waals surface area contributed by atoms with E-state index in [4.69, 9.17) is 4.74 Å². The first kappa shape index (κ1) is 13.8. The van der Waals surface area contributed by atoms with Gasteiger partial charge < -0.3 is 4.74 Å². The van der Waals surface area contributed by atoms with E-state index in [2.05, 4.69) is 0 Å². The fourth-order valence-corrected chi connectivity index (χ4v) is 2.57. The number of ether oxygens (including phenoxy) is 1. The van der Waals surface area contributed by atoms with Gasteiger partial charge >= 0.3 is 5.97 Å². The molecule has 0 aromatic heterocycles. The zero-order valence-electron chi connectivity index (χ0n) is 11.4. The molecule has 102 valence electrons. The van der Waals surface area contributed by atoms with E-state index in [0.29, 0.717) is 5.56 Å². The summed E-state index contributed by atoms with van der Waals surface area (Å²) >= 11 is 0. The van der Waals surface area contributed by atoms with Gasteiger partial charge in [0.1, 0.15) is 0 Å². The summed E-state index contributed by atoms with van der Waals surface area (Å²) < 4.78 is 5.12. The first-order valence-corrected chi connectivity index (χ1v) is 6.87. The molecule has 3 nitrogen and oxygen atoms in total. The van der Waals surface area contributed by atoms with Gasteiger partial charge in [0, 0.05) is 5.41 Å². The maximum absolute atomic E-state index is 12.2. The summed E-state index contributed by atoms with van der Waals surface area (Å²) in [6.07, 6.45) is 5.21. The summed E-state index contributed by atoms with van der Waals surface area (Å²) in [4.78, 5) is 23.9. The Balaban J connectivity index is 1.88. The van der Waals surface area contributed by atoms with Crippen LogP contribution in [-0.2, 0) is 9.53 Å². The summed E-state index contributed by atoms with van der Waals surface area (Å²) in [7, 11) is 0. The zero-order chi connectivity index (χ0) is 13.7. The SMILES string of the molecule is CC1(C(=O)COC(=O)c2ccccc2)CCCCC1. The fourth-order valence-electron chi connectivity index (χ4n) is 2.57. The molecule has 0 radical (unpaired) electrons. The average Bonchev–Trinajstić information content (AvgIpc) is 2.46. The van der Waals surface area contributed by atoms with E-state index < -0.39 is 5.97 Å².